The van der Waals surface area contributed by atoms with Crippen LogP contribution in [0.5, 0.6) is 0 Å². The Morgan fingerprint density at radius 1 is 1.67 bits per heavy atom. The fraction of sp³-hybridized carbons (Fsp3) is 0.333. The first-order valence-corrected chi connectivity index (χ1v) is 4.62. The SMILES string of the molecule is C=C1COC/C(=C\I)S1. The van der Waals surface area contributed by atoms with E-state index in [1.54, 1.807) is 11.8 Å². The van der Waals surface area contributed by atoms with Crippen molar-refractivity contribution < 1.29 is 4.74 Å². The summed E-state index contributed by atoms with van der Waals surface area (Å²) in [5.41, 5.74) is 0. The number of halogens is 1. The van der Waals surface area contributed by atoms with Crippen LogP contribution in [-0.2, 0) is 4.74 Å². The highest BCUT2D eigenvalue weighted by Crippen LogP contribution is 2.29. The minimum atomic E-state index is 0.707. The molecule has 1 heterocycles. The average Bonchev–Trinajstić information content (AvgIpc) is 1.88. The smallest absolute Gasteiger partial charge is 0.0788 e. The van der Waals surface area contributed by atoms with E-state index in [4.69, 9.17) is 4.74 Å². The van der Waals surface area contributed by atoms with Crippen molar-refractivity contribution in [2.24, 2.45) is 0 Å². The first-order chi connectivity index (χ1) is 4.33. The van der Waals surface area contributed by atoms with Crippen LogP contribution in [0.4, 0.5) is 0 Å². The fourth-order valence-corrected chi connectivity index (χ4v) is 1.82. The third-order valence-electron chi connectivity index (χ3n) is 0.904. The van der Waals surface area contributed by atoms with Crippen molar-refractivity contribution in [3.63, 3.8) is 0 Å². The zero-order chi connectivity index (χ0) is 6.69. The van der Waals surface area contributed by atoms with Crippen LogP contribution in [0.25, 0.3) is 0 Å². The minimum absolute atomic E-state index is 0.707. The van der Waals surface area contributed by atoms with Crippen LogP contribution in [0, 0.1) is 0 Å². The maximum Gasteiger partial charge on any atom is 0.0788 e. The Morgan fingerprint density at radius 3 is 2.89 bits per heavy atom. The van der Waals surface area contributed by atoms with E-state index in [0.717, 1.165) is 11.5 Å². The fourth-order valence-electron chi connectivity index (χ4n) is 0.564. The minimum Gasteiger partial charge on any atom is -0.371 e. The van der Waals surface area contributed by atoms with Gasteiger partial charge in [0.2, 0.25) is 0 Å². The molecule has 0 bridgehead atoms. The molecule has 0 aliphatic carbocycles. The second-order valence-electron chi connectivity index (χ2n) is 1.71. The molecule has 0 spiro atoms. The molecule has 9 heavy (non-hydrogen) atoms. The summed E-state index contributed by atoms with van der Waals surface area (Å²) in [7, 11) is 0. The lowest BCUT2D eigenvalue weighted by Gasteiger charge is -2.14. The van der Waals surface area contributed by atoms with E-state index in [9.17, 15) is 0 Å². The quantitative estimate of drug-likeness (QED) is 0.614. The van der Waals surface area contributed by atoms with Gasteiger partial charge in [0.25, 0.3) is 0 Å². The van der Waals surface area contributed by atoms with Crippen molar-refractivity contribution in [2.75, 3.05) is 13.2 Å². The molecule has 0 aromatic carbocycles. The van der Waals surface area contributed by atoms with Crippen LogP contribution in [0.2, 0.25) is 0 Å². The molecule has 0 N–H and O–H groups in total. The number of rotatable bonds is 0. The molecule has 1 saturated heterocycles. The molecule has 3 heteroatoms. The molecule has 0 saturated carbocycles. The Bertz CT molecular complexity index is 153. The van der Waals surface area contributed by atoms with Crippen LogP contribution in [0.3, 0.4) is 0 Å². The van der Waals surface area contributed by atoms with Crippen LogP contribution in [0.1, 0.15) is 0 Å². The van der Waals surface area contributed by atoms with Crippen molar-refractivity contribution in [2.45, 2.75) is 0 Å². The Labute approximate surface area is 72.7 Å². The summed E-state index contributed by atoms with van der Waals surface area (Å²) in [6, 6.07) is 0. The van der Waals surface area contributed by atoms with Crippen LogP contribution in [-0.4, -0.2) is 13.2 Å². The number of hydrogen-bond donors (Lipinski definition) is 0. The van der Waals surface area contributed by atoms with Crippen LogP contribution in [0.15, 0.2) is 20.5 Å². The monoisotopic (exact) mass is 254 g/mol. The summed E-state index contributed by atoms with van der Waals surface area (Å²) >= 11 is 3.93. The molecule has 50 valence electrons. The van der Waals surface area contributed by atoms with Gasteiger partial charge in [0, 0.05) is 9.81 Å². The molecule has 0 aromatic rings. The summed E-state index contributed by atoms with van der Waals surface area (Å²) in [5, 5.41) is 0. The van der Waals surface area contributed by atoms with Gasteiger partial charge in [-0.2, -0.15) is 0 Å². The Balaban J connectivity index is 2.51. The summed E-state index contributed by atoms with van der Waals surface area (Å²) in [5.74, 6) is 0. The van der Waals surface area contributed by atoms with Crippen molar-refractivity contribution in [1.82, 2.24) is 0 Å². The molecule has 1 fully saturated rings. The number of hydrogen-bond acceptors (Lipinski definition) is 2. The molecule has 1 aliphatic heterocycles. The third kappa shape index (κ3) is 2.31. The number of ether oxygens (including phenoxy) is 1. The van der Waals surface area contributed by atoms with Gasteiger partial charge in [-0.1, -0.05) is 40.9 Å². The topological polar surface area (TPSA) is 9.23 Å². The zero-order valence-electron chi connectivity index (χ0n) is 4.89. The zero-order valence-corrected chi connectivity index (χ0v) is 7.87. The maximum atomic E-state index is 5.19. The van der Waals surface area contributed by atoms with E-state index >= 15 is 0 Å². The standard InChI is InChI=1S/C6H7IOS/c1-5-3-8-4-6(2-7)9-5/h2H,1,3-4H2/b6-2+. The Hall–Kier alpha value is 0.520. The van der Waals surface area contributed by atoms with E-state index in [1.165, 1.54) is 4.91 Å². The second kappa shape index (κ2) is 3.63. The maximum absolute atomic E-state index is 5.19. The molecule has 0 atom stereocenters. The number of thioether (sulfide) groups is 1. The van der Waals surface area contributed by atoms with Crippen LogP contribution < -0.4 is 0 Å². The van der Waals surface area contributed by atoms with Gasteiger partial charge < -0.3 is 4.74 Å². The molecular formula is C6H7IOS. The van der Waals surface area contributed by atoms with Gasteiger partial charge in [0.15, 0.2) is 0 Å². The van der Waals surface area contributed by atoms with Gasteiger partial charge in [-0.15, -0.1) is 0 Å². The van der Waals surface area contributed by atoms with E-state index in [-0.39, 0.29) is 0 Å². The molecular weight excluding hydrogens is 247 g/mol. The highest BCUT2D eigenvalue weighted by Gasteiger charge is 2.07. The lowest BCUT2D eigenvalue weighted by molar-refractivity contribution is 0.186. The van der Waals surface area contributed by atoms with Crippen molar-refractivity contribution >= 4 is 34.4 Å². The van der Waals surface area contributed by atoms with Gasteiger partial charge in [0.1, 0.15) is 0 Å². The molecule has 1 nitrogen and oxygen atoms in total. The van der Waals surface area contributed by atoms with Gasteiger partial charge >= 0.3 is 0 Å². The lowest BCUT2D eigenvalue weighted by atomic mass is 10.6. The summed E-state index contributed by atoms with van der Waals surface area (Å²) in [4.78, 5) is 2.36. The predicted octanol–water partition coefficient (Wildman–Crippen LogP) is 2.54. The Morgan fingerprint density at radius 2 is 2.44 bits per heavy atom. The van der Waals surface area contributed by atoms with E-state index < -0.39 is 0 Å². The van der Waals surface area contributed by atoms with Crippen molar-refractivity contribution in [3.8, 4) is 0 Å². The summed E-state index contributed by atoms with van der Waals surface area (Å²) in [6.45, 7) is 5.27. The largest absolute Gasteiger partial charge is 0.371 e. The van der Waals surface area contributed by atoms with Crippen LogP contribution >= 0.6 is 34.4 Å². The highest BCUT2D eigenvalue weighted by atomic mass is 127. The van der Waals surface area contributed by atoms with Gasteiger partial charge in [-0.3, -0.25) is 0 Å². The first kappa shape index (κ1) is 7.63. The first-order valence-electron chi connectivity index (χ1n) is 2.55. The summed E-state index contributed by atoms with van der Waals surface area (Å²) in [6.07, 6.45) is 0. The van der Waals surface area contributed by atoms with E-state index in [2.05, 4.69) is 29.2 Å². The molecule has 0 radical (unpaired) electrons. The van der Waals surface area contributed by atoms with Gasteiger partial charge in [-0.05, 0) is 4.08 Å². The second-order valence-corrected chi connectivity index (χ2v) is 3.64. The van der Waals surface area contributed by atoms with E-state index in [0.29, 0.717) is 6.61 Å². The highest BCUT2D eigenvalue weighted by molar-refractivity contribution is 14.1. The third-order valence-corrected chi connectivity index (χ3v) is 2.98. The van der Waals surface area contributed by atoms with Crippen molar-refractivity contribution in [3.05, 3.63) is 20.5 Å². The normalized spacial score (nSPS) is 25.0. The summed E-state index contributed by atoms with van der Waals surface area (Å²) < 4.78 is 7.23. The molecule has 0 aromatic heterocycles. The predicted molar refractivity (Wildman–Crippen MR) is 49.7 cm³/mol. The van der Waals surface area contributed by atoms with Crippen molar-refractivity contribution in [1.29, 1.82) is 0 Å². The molecule has 1 aliphatic rings. The van der Waals surface area contributed by atoms with Gasteiger partial charge in [0.05, 0.1) is 13.2 Å². The molecule has 0 amide bonds. The average molecular weight is 254 g/mol. The molecule has 1 rings (SSSR count). The Kier molecular flexibility index (Phi) is 3.08. The lowest BCUT2D eigenvalue weighted by Crippen LogP contribution is -2.04. The van der Waals surface area contributed by atoms with E-state index in [1.807, 2.05) is 4.08 Å². The molecule has 0 unspecified atom stereocenters. The van der Waals surface area contributed by atoms with Gasteiger partial charge in [-0.25, -0.2) is 0 Å².